The summed E-state index contributed by atoms with van der Waals surface area (Å²) in [5.41, 5.74) is 4.08. The van der Waals surface area contributed by atoms with Gasteiger partial charge in [0.25, 0.3) is 5.91 Å². The predicted molar refractivity (Wildman–Crippen MR) is 90.2 cm³/mol. The van der Waals surface area contributed by atoms with Crippen molar-refractivity contribution >= 4 is 17.8 Å². The van der Waals surface area contributed by atoms with Gasteiger partial charge in [0.15, 0.2) is 0 Å². The van der Waals surface area contributed by atoms with Crippen molar-refractivity contribution in [2.45, 2.75) is 0 Å². The number of hydrogen-bond donors (Lipinski definition) is 2. The molecular formula is C17H19N3O3. The molecule has 1 amide bonds. The number of nitrogens with zero attached hydrogens (tertiary/aromatic N) is 1. The molecule has 0 saturated carbocycles. The third-order valence-corrected chi connectivity index (χ3v) is 3.07. The summed E-state index contributed by atoms with van der Waals surface area (Å²) >= 11 is 0. The largest absolute Gasteiger partial charge is 0.497 e. The molecule has 0 atom stereocenters. The van der Waals surface area contributed by atoms with Gasteiger partial charge in [-0.25, -0.2) is 5.43 Å². The molecule has 23 heavy (non-hydrogen) atoms. The minimum Gasteiger partial charge on any atom is -0.497 e. The average molecular weight is 313 g/mol. The van der Waals surface area contributed by atoms with Crippen LogP contribution in [0.1, 0.15) is 5.56 Å². The number of nitrogens with one attached hydrogen (secondary N) is 2. The minimum absolute atomic E-state index is 0.121. The van der Waals surface area contributed by atoms with E-state index >= 15 is 0 Å². The molecule has 0 aliphatic carbocycles. The number of hydrogen-bond acceptors (Lipinski definition) is 5. The van der Waals surface area contributed by atoms with Crippen LogP contribution in [0.15, 0.2) is 53.6 Å². The second-order valence-electron chi connectivity index (χ2n) is 4.62. The van der Waals surface area contributed by atoms with Crippen molar-refractivity contribution in [2.75, 3.05) is 26.1 Å². The first kappa shape index (κ1) is 16.4. The Balaban J connectivity index is 1.81. The van der Waals surface area contributed by atoms with Crippen molar-refractivity contribution in [2.24, 2.45) is 5.10 Å². The molecule has 2 rings (SSSR count). The quantitative estimate of drug-likeness (QED) is 0.607. The Morgan fingerprint density at radius 1 is 1.09 bits per heavy atom. The van der Waals surface area contributed by atoms with Crippen LogP contribution in [0.4, 0.5) is 5.69 Å². The summed E-state index contributed by atoms with van der Waals surface area (Å²) in [5.74, 6) is 1.22. The number of hydrazone groups is 1. The Bertz CT molecular complexity index is 669. The summed E-state index contributed by atoms with van der Waals surface area (Å²) in [6, 6.07) is 14.7. The normalized spacial score (nSPS) is 10.3. The highest BCUT2D eigenvalue weighted by Crippen LogP contribution is 2.15. The molecular weight excluding hydrogens is 294 g/mol. The van der Waals surface area contributed by atoms with Gasteiger partial charge in [-0.3, -0.25) is 4.79 Å². The zero-order valence-electron chi connectivity index (χ0n) is 13.1. The van der Waals surface area contributed by atoms with Crippen LogP contribution in [-0.2, 0) is 4.79 Å². The fourth-order valence-electron chi connectivity index (χ4n) is 1.88. The Morgan fingerprint density at radius 3 is 2.52 bits per heavy atom. The Hall–Kier alpha value is -3.02. The van der Waals surface area contributed by atoms with E-state index in [2.05, 4.69) is 15.8 Å². The van der Waals surface area contributed by atoms with Crippen molar-refractivity contribution in [1.29, 1.82) is 0 Å². The summed E-state index contributed by atoms with van der Waals surface area (Å²) in [5, 5.41) is 6.93. The van der Waals surface area contributed by atoms with Crippen LogP contribution in [-0.4, -0.2) is 32.9 Å². The summed E-state index contributed by atoms with van der Waals surface area (Å²) in [4.78, 5) is 11.7. The summed E-state index contributed by atoms with van der Waals surface area (Å²) < 4.78 is 10.3. The number of carbonyl (C=O) groups is 1. The molecule has 6 nitrogen and oxygen atoms in total. The number of anilines is 1. The molecule has 0 radical (unpaired) electrons. The molecule has 2 N–H and O–H groups in total. The number of rotatable bonds is 7. The van der Waals surface area contributed by atoms with E-state index in [4.69, 9.17) is 9.47 Å². The topological polar surface area (TPSA) is 72.0 Å². The van der Waals surface area contributed by atoms with E-state index in [1.54, 1.807) is 20.4 Å². The van der Waals surface area contributed by atoms with E-state index < -0.39 is 0 Å². The molecule has 120 valence electrons. The van der Waals surface area contributed by atoms with E-state index in [9.17, 15) is 4.79 Å². The lowest BCUT2D eigenvalue weighted by Crippen LogP contribution is -2.25. The number of benzene rings is 2. The maximum absolute atomic E-state index is 11.7. The van der Waals surface area contributed by atoms with Crippen LogP contribution in [0.5, 0.6) is 11.5 Å². The summed E-state index contributed by atoms with van der Waals surface area (Å²) in [6.07, 6.45) is 1.55. The maximum Gasteiger partial charge on any atom is 0.259 e. The highest BCUT2D eigenvalue weighted by atomic mass is 16.5. The fourth-order valence-corrected chi connectivity index (χ4v) is 1.88. The van der Waals surface area contributed by atoms with Gasteiger partial charge in [-0.1, -0.05) is 12.1 Å². The Kier molecular flexibility index (Phi) is 5.99. The Morgan fingerprint density at radius 2 is 1.83 bits per heavy atom. The lowest BCUT2D eigenvalue weighted by molar-refractivity contribution is -0.119. The average Bonchev–Trinajstić information content (AvgIpc) is 2.61. The fraction of sp³-hybridized carbons (Fsp3) is 0.176. The lowest BCUT2D eigenvalue weighted by Gasteiger charge is -2.06. The number of amides is 1. The van der Waals surface area contributed by atoms with Crippen molar-refractivity contribution < 1.29 is 14.3 Å². The van der Waals surface area contributed by atoms with Crippen molar-refractivity contribution in [3.05, 3.63) is 54.1 Å². The number of carbonyl (C=O) groups excluding carboxylic acids is 1. The van der Waals surface area contributed by atoms with Crippen LogP contribution in [0.3, 0.4) is 0 Å². The molecule has 0 spiro atoms. The van der Waals surface area contributed by atoms with Crippen LogP contribution < -0.4 is 20.2 Å². The molecule has 0 unspecified atom stereocenters. The van der Waals surface area contributed by atoms with Gasteiger partial charge in [-0.05, 0) is 36.4 Å². The molecule has 0 aliphatic rings. The number of para-hydroxylation sites is 1. The standard InChI is InChI=1S/C17H19N3O3/c1-22-15-9-7-14(8-10-15)18-12-17(21)20-19-11-13-5-3-4-6-16(13)23-2/h3-11,18H,12H2,1-2H3,(H,20,21). The van der Waals surface area contributed by atoms with Crippen molar-refractivity contribution in [3.8, 4) is 11.5 Å². The molecule has 2 aromatic rings. The van der Waals surface area contributed by atoms with E-state index in [1.807, 2.05) is 48.5 Å². The predicted octanol–water partition coefficient (Wildman–Crippen LogP) is 2.27. The molecule has 0 heterocycles. The summed E-state index contributed by atoms with van der Waals surface area (Å²) in [7, 11) is 3.19. The van der Waals surface area contributed by atoms with Crippen LogP contribution >= 0.6 is 0 Å². The van der Waals surface area contributed by atoms with Gasteiger partial charge in [0.1, 0.15) is 11.5 Å². The molecule has 2 aromatic carbocycles. The van der Waals surface area contributed by atoms with Crippen molar-refractivity contribution in [1.82, 2.24) is 5.43 Å². The molecule has 0 bridgehead atoms. The first-order valence-corrected chi connectivity index (χ1v) is 7.06. The highest BCUT2D eigenvalue weighted by Gasteiger charge is 2.01. The van der Waals surface area contributed by atoms with E-state index in [0.29, 0.717) is 5.75 Å². The van der Waals surface area contributed by atoms with E-state index in [0.717, 1.165) is 17.0 Å². The third-order valence-electron chi connectivity index (χ3n) is 3.07. The second kappa shape index (κ2) is 8.43. The van der Waals surface area contributed by atoms with Gasteiger partial charge in [-0.2, -0.15) is 5.10 Å². The molecule has 0 saturated heterocycles. The van der Waals surface area contributed by atoms with Gasteiger partial charge in [0, 0.05) is 11.3 Å². The zero-order chi connectivity index (χ0) is 16.5. The third kappa shape index (κ3) is 5.03. The van der Waals surface area contributed by atoms with Gasteiger partial charge >= 0.3 is 0 Å². The highest BCUT2D eigenvalue weighted by molar-refractivity contribution is 5.86. The lowest BCUT2D eigenvalue weighted by atomic mass is 10.2. The summed E-state index contributed by atoms with van der Waals surface area (Å²) in [6.45, 7) is 0.121. The molecule has 0 fully saturated rings. The molecule has 0 aromatic heterocycles. The van der Waals surface area contributed by atoms with Crippen LogP contribution in [0.2, 0.25) is 0 Å². The SMILES string of the molecule is COc1ccc(NCC(=O)NN=Cc2ccccc2OC)cc1. The second-order valence-corrected chi connectivity index (χ2v) is 4.62. The Labute approximate surface area is 135 Å². The van der Waals surface area contributed by atoms with Crippen molar-refractivity contribution in [3.63, 3.8) is 0 Å². The van der Waals surface area contributed by atoms with Crippen LogP contribution in [0.25, 0.3) is 0 Å². The first-order valence-electron chi connectivity index (χ1n) is 7.06. The van der Waals surface area contributed by atoms with Crippen LogP contribution in [0, 0.1) is 0 Å². The number of methoxy groups -OCH3 is 2. The minimum atomic E-state index is -0.244. The van der Waals surface area contributed by atoms with Gasteiger partial charge in [0.05, 0.1) is 27.0 Å². The number of ether oxygens (including phenoxy) is 2. The molecule has 6 heteroatoms. The van der Waals surface area contributed by atoms with Gasteiger partial charge in [0.2, 0.25) is 0 Å². The smallest absolute Gasteiger partial charge is 0.259 e. The monoisotopic (exact) mass is 313 g/mol. The zero-order valence-corrected chi connectivity index (χ0v) is 13.1. The van der Waals surface area contributed by atoms with E-state index in [1.165, 1.54) is 0 Å². The molecule has 0 aliphatic heterocycles. The first-order chi connectivity index (χ1) is 11.2. The van der Waals surface area contributed by atoms with E-state index in [-0.39, 0.29) is 12.5 Å². The maximum atomic E-state index is 11.7. The van der Waals surface area contributed by atoms with Gasteiger partial charge < -0.3 is 14.8 Å². The van der Waals surface area contributed by atoms with Gasteiger partial charge in [-0.15, -0.1) is 0 Å².